The Labute approximate surface area is 204 Å². The van der Waals surface area contributed by atoms with Gasteiger partial charge >= 0.3 is 6.18 Å². The number of amides is 1. The maximum absolute atomic E-state index is 13.9. The largest absolute Gasteiger partial charge is 0.435 e. The molecule has 0 atom stereocenters. The van der Waals surface area contributed by atoms with Crippen molar-refractivity contribution in [2.45, 2.75) is 19.5 Å². The number of rotatable bonds is 4. The van der Waals surface area contributed by atoms with Crippen LogP contribution in [0.25, 0.3) is 16.8 Å². The van der Waals surface area contributed by atoms with E-state index >= 15 is 0 Å². The fourth-order valence-electron chi connectivity index (χ4n) is 4.52. The van der Waals surface area contributed by atoms with Crippen LogP contribution in [0.3, 0.4) is 0 Å². The van der Waals surface area contributed by atoms with Crippen LogP contribution in [-0.2, 0) is 17.4 Å². The lowest BCUT2D eigenvalue weighted by molar-refractivity contribution is -0.140. The normalized spacial score (nSPS) is 14.2. The number of alkyl halides is 3. The summed E-state index contributed by atoms with van der Waals surface area (Å²) in [5.41, 5.74) is -0.447. The molecule has 1 saturated heterocycles. The Morgan fingerprint density at radius 3 is 2.44 bits per heavy atom. The van der Waals surface area contributed by atoms with E-state index in [0.717, 1.165) is 10.2 Å². The van der Waals surface area contributed by atoms with Crippen LogP contribution in [0, 0.1) is 19.1 Å². The van der Waals surface area contributed by atoms with Gasteiger partial charge in [-0.05, 0) is 24.6 Å². The summed E-state index contributed by atoms with van der Waals surface area (Å²) < 4.78 is 42.3. The van der Waals surface area contributed by atoms with Crippen LogP contribution in [0.2, 0.25) is 0 Å². The zero-order valence-electron chi connectivity index (χ0n) is 19.4. The number of carbonyl (C=O) groups is 1. The third-order valence-corrected chi connectivity index (χ3v) is 6.39. The van der Waals surface area contributed by atoms with Crippen molar-refractivity contribution in [3.63, 3.8) is 0 Å². The summed E-state index contributed by atoms with van der Waals surface area (Å²) >= 11 is 0. The number of nitrogens with zero attached hydrogens (tertiary/aromatic N) is 4. The van der Waals surface area contributed by atoms with Crippen molar-refractivity contribution in [1.29, 1.82) is 0 Å². The van der Waals surface area contributed by atoms with Crippen LogP contribution < -0.4 is 10.5 Å². The van der Waals surface area contributed by atoms with Gasteiger partial charge in [-0.2, -0.15) is 22.8 Å². The molecular weight excluding hydrogens is 471 g/mol. The van der Waals surface area contributed by atoms with Crippen LogP contribution >= 0.6 is 0 Å². The van der Waals surface area contributed by atoms with Gasteiger partial charge in [0.25, 0.3) is 5.56 Å². The van der Waals surface area contributed by atoms with Gasteiger partial charge in [-0.15, -0.1) is 0 Å². The summed E-state index contributed by atoms with van der Waals surface area (Å²) in [4.78, 5) is 33.0. The van der Waals surface area contributed by atoms with E-state index in [4.69, 9.17) is 0 Å². The molecule has 1 aliphatic rings. The van der Waals surface area contributed by atoms with Crippen LogP contribution in [0.5, 0.6) is 0 Å². The third-order valence-electron chi connectivity index (χ3n) is 6.39. The summed E-state index contributed by atoms with van der Waals surface area (Å²) in [5.74, 6) is -0.262. The Bertz CT molecular complexity index is 1450. The SMILES string of the molecule is Cc1[nH]c2c(-c3ccccc3)c(C(F)(F)F)nn2c(=O)c1CC(=O)N1CCN(c2cc#ccc2)CC1. The van der Waals surface area contributed by atoms with Crippen LogP contribution in [0.1, 0.15) is 17.0 Å². The second kappa shape index (κ2) is 9.07. The van der Waals surface area contributed by atoms with E-state index in [2.05, 4.69) is 27.1 Å². The molecule has 0 unspecified atom stereocenters. The molecule has 7 nitrogen and oxygen atoms in total. The minimum Gasteiger partial charge on any atom is -0.367 e. The van der Waals surface area contributed by atoms with E-state index in [1.165, 1.54) is 12.1 Å². The maximum atomic E-state index is 13.9. The van der Waals surface area contributed by atoms with Crippen molar-refractivity contribution in [1.82, 2.24) is 19.5 Å². The van der Waals surface area contributed by atoms with E-state index in [1.807, 2.05) is 12.1 Å². The lowest BCUT2D eigenvalue weighted by Crippen LogP contribution is -2.49. The number of hydrogen-bond donors (Lipinski definition) is 1. The van der Waals surface area contributed by atoms with Crippen LogP contribution in [0.15, 0.2) is 53.3 Å². The molecule has 2 aromatic heterocycles. The van der Waals surface area contributed by atoms with Gasteiger partial charge in [0.1, 0.15) is 5.65 Å². The first-order valence-corrected chi connectivity index (χ1v) is 11.4. The maximum Gasteiger partial charge on any atom is 0.435 e. The highest BCUT2D eigenvalue weighted by Crippen LogP contribution is 2.38. The van der Waals surface area contributed by atoms with Crippen molar-refractivity contribution >= 4 is 17.2 Å². The summed E-state index contributed by atoms with van der Waals surface area (Å²) in [6.07, 6.45) is -5.00. The van der Waals surface area contributed by atoms with Gasteiger partial charge in [0.05, 0.1) is 12.0 Å². The minimum absolute atomic E-state index is 0.0576. The number of H-pyrrole nitrogens is 1. The number of aryl methyl sites for hydroxylation is 1. The number of piperazine rings is 1. The second-order valence-corrected chi connectivity index (χ2v) is 8.62. The first kappa shape index (κ1) is 23.5. The van der Waals surface area contributed by atoms with Crippen LogP contribution in [-0.4, -0.2) is 51.6 Å². The van der Waals surface area contributed by atoms with Gasteiger partial charge in [-0.3, -0.25) is 9.59 Å². The molecule has 3 heterocycles. The van der Waals surface area contributed by atoms with Crippen molar-refractivity contribution in [3.05, 3.63) is 88.0 Å². The molecule has 184 valence electrons. The van der Waals surface area contributed by atoms with Gasteiger partial charge in [0.15, 0.2) is 5.69 Å². The smallest absolute Gasteiger partial charge is 0.367 e. The molecular formula is C26H22F3N5O2. The molecule has 2 aromatic carbocycles. The molecule has 10 heteroatoms. The van der Waals surface area contributed by atoms with Gasteiger partial charge in [0, 0.05) is 49.2 Å². The number of benzene rings is 1. The van der Waals surface area contributed by atoms with Crippen LogP contribution in [0.4, 0.5) is 18.9 Å². The Morgan fingerprint density at radius 2 is 1.81 bits per heavy atom. The molecule has 0 saturated carbocycles. The first-order valence-electron chi connectivity index (χ1n) is 11.4. The molecule has 0 bridgehead atoms. The zero-order valence-corrected chi connectivity index (χ0v) is 19.4. The van der Waals surface area contributed by atoms with Crippen molar-refractivity contribution in [2.24, 2.45) is 0 Å². The number of fused-ring (bicyclic) bond motifs is 1. The first-order chi connectivity index (χ1) is 17.2. The number of aromatic nitrogens is 3. The average Bonchev–Trinajstić information content (AvgIpc) is 3.28. The lowest BCUT2D eigenvalue weighted by atomic mass is 10.1. The Hall–Kier alpha value is -4.26. The summed E-state index contributed by atoms with van der Waals surface area (Å²) in [5, 5.41) is 3.64. The van der Waals surface area contributed by atoms with E-state index in [-0.39, 0.29) is 34.7 Å². The zero-order chi connectivity index (χ0) is 25.4. The molecule has 5 rings (SSSR count). The number of nitrogens with one attached hydrogen (secondary N) is 1. The molecule has 36 heavy (non-hydrogen) atoms. The monoisotopic (exact) mass is 493 g/mol. The second-order valence-electron chi connectivity index (χ2n) is 8.62. The highest BCUT2D eigenvalue weighted by molar-refractivity contribution is 5.82. The minimum atomic E-state index is -4.77. The van der Waals surface area contributed by atoms with E-state index in [1.54, 1.807) is 36.1 Å². The average molecular weight is 493 g/mol. The molecule has 1 fully saturated rings. The quantitative estimate of drug-likeness (QED) is 0.472. The topological polar surface area (TPSA) is 73.7 Å². The van der Waals surface area contributed by atoms with Crippen molar-refractivity contribution in [2.75, 3.05) is 31.1 Å². The summed E-state index contributed by atoms with van der Waals surface area (Å²) in [6, 6.07) is 19.3. The fraction of sp³-hybridized carbons (Fsp3) is 0.269. The third kappa shape index (κ3) is 4.28. The van der Waals surface area contributed by atoms with Gasteiger partial charge < -0.3 is 14.8 Å². The van der Waals surface area contributed by atoms with E-state index in [9.17, 15) is 22.8 Å². The van der Waals surface area contributed by atoms with E-state index in [0.29, 0.717) is 31.9 Å². The molecule has 4 aromatic rings. The lowest BCUT2D eigenvalue weighted by Gasteiger charge is -2.36. The number of halogens is 3. The van der Waals surface area contributed by atoms with Gasteiger partial charge in [-0.1, -0.05) is 42.5 Å². The number of anilines is 1. The Balaban J connectivity index is 1.44. The number of carbonyl (C=O) groups excluding carboxylic acids is 1. The predicted octanol–water partition coefficient (Wildman–Crippen LogP) is 3.51. The number of aromatic amines is 1. The fourth-order valence-corrected chi connectivity index (χ4v) is 4.52. The van der Waals surface area contributed by atoms with E-state index < -0.39 is 17.4 Å². The highest BCUT2D eigenvalue weighted by Gasteiger charge is 2.39. The molecule has 0 aliphatic carbocycles. The summed E-state index contributed by atoms with van der Waals surface area (Å²) in [6.45, 7) is 3.75. The predicted molar refractivity (Wildman–Crippen MR) is 128 cm³/mol. The summed E-state index contributed by atoms with van der Waals surface area (Å²) in [7, 11) is 0. The van der Waals surface area contributed by atoms with Gasteiger partial charge in [0.2, 0.25) is 5.91 Å². The Morgan fingerprint density at radius 1 is 1.08 bits per heavy atom. The standard InChI is InChI=1S/C26H22F3N5O2/c1-17-20(16-21(35)33-14-12-32(13-15-33)19-10-6-3-7-11-19)25(36)34-24(30-17)22(18-8-4-2-5-9-18)23(31-34)26(27,28)29/h2,4-6,8-11,30H,12-16H2,1H3. The molecule has 1 N–H and O–H groups in total. The van der Waals surface area contributed by atoms with Crippen molar-refractivity contribution in [3.8, 4) is 11.1 Å². The molecule has 0 radical (unpaired) electrons. The number of hydrogen-bond acceptors (Lipinski definition) is 4. The molecule has 0 spiro atoms. The van der Waals surface area contributed by atoms with Crippen molar-refractivity contribution < 1.29 is 18.0 Å². The Kier molecular flexibility index (Phi) is 5.92. The molecule has 1 amide bonds. The highest BCUT2D eigenvalue weighted by atomic mass is 19.4. The molecule has 1 aliphatic heterocycles. The van der Waals surface area contributed by atoms with Gasteiger partial charge in [-0.25, -0.2) is 0 Å².